The zero-order valence-electron chi connectivity index (χ0n) is 22.3. The van der Waals surface area contributed by atoms with Crippen LogP contribution >= 0.6 is 0 Å². The number of unbranched alkanes of at least 4 members (excludes halogenated alkanes) is 1. The van der Waals surface area contributed by atoms with E-state index in [0.717, 1.165) is 6.42 Å². The van der Waals surface area contributed by atoms with Crippen molar-refractivity contribution >= 4 is 35.4 Å². The number of hydrogen-bond donors (Lipinski definition) is 6. The van der Waals surface area contributed by atoms with E-state index in [4.69, 9.17) is 10.4 Å². The van der Waals surface area contributed by atoms with Gasteiger partial charge in [0, 0.05) is 65.0 Å². The van der Waals surface area contributed by atoms with E-state index < -0.39 is 53.2 Å². The van der Waals surface area contributed by atoms with E-state index in [1.54, 1.807) is 0 Å². The fourth-order valence-electron chi connectivity index (χ4n) is 3.32. The average molecular weight is 531 g/mol. The molecule has 0 radical (unpaired) electrons. The van der Waals surface area contributed by atoms with Crippen molar-refractivity contribution in [1.82, 2.24) is 31.4 Å². The highest BCUT2D eigenvalue weighted by Gasteiger charge is 2.26. The summed E-state index contributed by atoms with van der Waals surface area (Å²) in [4.78, 5) is 72.2. The molecule has 0 aliphatic rings. The number of carbonyl (C=O) groups excluding carboxylic acids is 6. The van der Waals surface area contributed by atoms with Crippen LogP contribution in [0.1, 0.15) is 52.9 Å². The van der Waals surface area contributed by atoms with Gasteiger partial charge < -0.3 is 21.3 Å². The van der Waals surface area contributed by atoms with Gasteiger partial charge in [0.05, 0.1) is 0 Å². The molecule has 212 valence electrons. The predicted molar refractivity (Wildman–Crippen MR) is 132 cm³/mol. The summed E-state index contributed by atoms with van der Waals surface area (Å²) in [6.45, 7) is 5.31. The highest BCUT2D eigenvalue weighted by atomic mass is 16.5. The summed E-state index contributed by atoms with van der Waals surface area (Å²) in [5.41, 5.74) is 0. The first kappa shape index (κ1) is 33.7. The van der Waals surface area contributed by atoms with Gasteiger partial charge in [-0.1, -0.05) is 33.6 Å². The number of rotatable bonds is 17. The van der Waals surface area contributed by atoms with Crippen molar-refractivity contribution in [2.24, 2.45) is 17.8 Å². The van der Waals surface area contributed by atoms with Gasteiger partial charge in [-0.2, -0.15) is 0 Å². The quantitative estimate of drug-likeness (QED) is 0.0596. The first-order valence-corrected chi connectivity index (χ1v) is 12.3. The van der Waals surface area contributed by atoms with Crippen molar-refractivity contribution in [2.75, 3.05) is 40.3 Å². The molecular weight excluding hydrogens is 488 g/mol. The molecule has 2 atom stereocenters. The number of carbonyl (C=O) groups is 6. The monoisotopic (exact) mass is 530 g/mol. The maximum absolute atomic E-state index is 12.6. The van der Waals surface area contributed by atoms with Gasteiger partial charge in [-0.3, -0.25) is 39.2 Å². The molecule has 0 rings (SSSR count). The second-order valence-corrected chi connectivity index (χ2v) is 8.91. The van der Waals surface area contributed by atoms with Gasteiger partial charge in [-0.15, -0.1) is 0 Å². The van der Waals surface area contributed by atoms with E-state index in [0.29, 0.717) is 23.0 Å². The molecule has 14 heteroatoms. The zero-order chi connectivity index (χ0) is 28.5. The van der Waals surface area contributed by atoms with E-state index >= 15 is 0 Å². The lowest BCUT2D eigenvalue weighted by Crippen LogP contribution is -2.45. The summed E-state index contributed by atoms with van der Waals surface area (Å²) < 4.78 is 0. The Bertz CT molecular complexity index is 729. The minimum atomic E-state index is -0.943. The van der Waals surface area contributed by atoms with Crippen molar-refractivity contribution in [3.8, 4) is 0 Å². The van der Waals surface area contributed by atoms with E-state index in [1.165, 1.54) is 27.9 Å². The van der Waals surface area contributed by atoms with Crippen LogP contribution in [0.3, 0.4) is 0 Å². The van der Waals surface area contributed by atoms with Crippen LogP contribution in [0.5, 0.6) is 0 Å². The highest BCUT2D eigenvalue weighted by molar-refractivity contribution is 6.00. The van der Waals surface area contributed by atoms with Crippen LogP contribution in [0.25, 0.3) is 0 Å². The minimum Gasteiger partial charge on any atom is -0.354 e. The largest absolute Gasteiger partial charge is 0.354 e. The Morgan fingerprint density at radius 3 is 1.35 bits per heavy atom. The Morgan fingerprint density at radius 2 is 1.03 bits per heavy atom. The summed E-state index contributed by atoms with van der Waals surface area (Å²) in [5.74, 6) is -5.34. The fraction of sp³-hybridized carbons (Fsp3) is 0.739. The van der Waals surface area contributed by atoms with Crippen LogP contribution in [0.15, 0.2) is 0 Å². The van der Waals surface area contributed by atoms with Gasteiger partial charge in [0.25, 0.3) is 0 Å². The third-order valence-electron chi connectivity index (χ3n) is 5.44. The number of amides is 6. The maximum Gasteiger partial charge on any atom is 0.248 e. The molecule has 0 aliphatic carbocycles. The summed E-state index contributed by atoms with van der Waals surface area (Å²) >= 11 is 0. The van der Waals surface area contributed by atoms with Crippen molar-refractivity contribution in [1.29, 1.82) is 0 Å². The van der Waals surface area contributed by atoms with Crippen LogP contribution in [-0.2, 0) is 28.8 Å². The molecule has 0 aliphatic heterocycles. The Morgan fingerprint density at radius 1 is 0.676 bits per heavy atom. The Labute approximate surface area is 217 Å². The van der Waals surface area contributed by atoms with Crippen LogP contribution in [0.4, 0.5) is 0 Å². The van der Waals surface area contributed by atoms with E-state index in [-0.39, 0.29) is 39.0 Å². The molecule has 0 bridgehead atoms. The normalized spacial score (nSPS) is 12.9. The molecule has 6 N–H and O–H groups in total. The molecule has 0 aromatic heterocycles. The van der Waals surface area contributed by atoms with Crippen molar-refractivity contribution in [3.05, 3.63) is 0 Å². The van der Waals surface area contributed by atoms with E-state index in [9.17, 15) is 28.8 Å². The van der Waals surface area contributed by atoms with E-state index in [2.05, 4.69) is 21.3 Å². The molecule has 0 saturated carbocycles. The lowest BCUT2D eigenvalue weighted by atomic mass is 10.00. The smallest absolute Gasteiger partial charge is 0.248 e. The van der Waals surface area contributed by atoms with Gasteiger partial charge in [0.2, 0.25) is 35.4 Å². The molecule has 14 nitrogen and oxygen atoms in total. The second kappa shape index (κ2) is 18.1. The van der Waals surface area contributed by atoms with Gasteiger partial charge in [0.15, 0.2) is 0 Å². The summed E-state index contributed by atoms with van der Waals surface area (Å²) in [7, 11) is 2.36. The Hall–Kier alpha value is -3.26. The van der Waals surface area contributed by atoms with E-state index in [1.807, 2.05) is 6.92 Å². The molecule has 6 amide bonds. The molecule has 0 saturated heterocycles. The number of hydrogen-bond acceptors (Lipinski definition) is 8. The summed E-state index contributed by atoms with van der Waals surface area (Å²) in [5, 5.41) is 29.5. The Balaban J connectivity index is 4.48. The first-order chi connectivity index (χ1) is 17.3. The molecule has 37 heavy (non-hydrogen) atoms. The lowest BCUT2D eigenvalue weighted by Gasteiger charge is -2.18. The van der Waals surface area contributed by atoms with Gasteiger partial charge >= 0.3 is 0 Å². The Kier molecular flexibility index (Phi) is 16.5. The SMILES string of the molecule is CCCCC(C(=O)NCCNC(=O)CC(C)C(=O)N(C)O)C(=O)NCCNC(=O)CC(C)C(=O)N(C)O. The van der Waals surface area contributed by atoms with Gasteiger partial charge in [-0.25, -0.2) is 10.1 Å². The minimum absolute atomic E-state index is 0.0820. The summed E-state index contributed by atoms with van der Waals surface area (Å²) in [6, 6.07) is 0. The fourth-order valence-corrected chi connectivity index (χ4v) is 3.32. The van der Waals surface area contributed by atoms with Gasteiger partial charge in [-0.05, 0) is 6.42 Å². The topological polar surface area (TPSA) is 197 Å². The second-order valence-electron chi connectivity index (χ2n) is 8.91. The van der Waals surface area contributed by atoms with Crippen molar-refractivity contribution < 1.29 is 39.2 Å². The van der Waals surface area contributed by atoms with Crippen molar-refractivity contribution in [3.63, 3.8) is 0 Å². The standard InChI is InChI=1S/C23H42N6O8/c1-6-7-8-17(20(32)26-11-9-24-18(30)13-15(2)22(34)28(4)36)21(33)27-12-10-25-19(31)14-16(3)23(35)29(5)37/h15-17,36-37H,6-14H2,1-5H3,(H,24,30)(H,25,31)(H,26,32)(H,27,33). The average Bonchev–Trinajstić information content (AvgIpc) is 2.83. The first-order valence-electron chi connectivity index (χ1n) is 12.3. The molecule has 0 heterocycles. The van der Waals surface area contributed by atoms with Crippen LogP contribution < -0.4 is 21.3 Å². The number of hydroxylamine groups is 4. The molecule has 0 aromatic rings. The molecule has 2 unspecified atom stereocenters. The summed E-state index contributed by atoms with van der Waals surface area (Å²) in [6.07, 6.45) is 1.51. The molecule has 0 aromatic carbocycles. The third-order valence-corrected chi connectivity index (χ3v) is 5.44. The number of nitrogens with one attached hydrogen (secondary N) is 4. The van der Waals surface area contributed by atoms with Gasteiger partial charge in [0.1, 0.15) is 5.92 Å². The molecule has 0 fully saturated rings. The van der Waals surface area contributed by atoms with Crippen LogP contribution in [-0.4, -0.2) is 96.3 Å². The van der Waals surface area contributed by atoms with Crippen LogP contribution in [0, 0.1) is 17.8 Å². The molecular formula is C23H42N6O8. The maximum atomic E-state index is 12.6. The highest BCUT2D eigenvalue weighted by Crippen LogP contribution is 2.09. The predicted octanol–water partition coefficient (Wildman–Crippen LogP) is -0.995. The van der Waals surface area contributed by atoms with Crippen LogP contribution in [0.2, 0.25) is 0 Å². The zero-order valence-corrected chi connectivity index (χ0v) is 22.3. The van der Waals surface area contributed by atoms with Crippen molar-refractivity contribution in [2.45, 2.75) is 52.9 Å². The lowest BCUT2D eigenvalue weighted by molar-refractivity contribution is -0.164. The number of nitrogens with zero attached hydrogens (tertiary/aromatic N) is 2. The molecule has 0 spiro atoms. The third kappa shape index (κ3) is 14.2.